The molecule has 0 aliphatic heterocycles. The molecule has 0 saturated carbocycles. The van der Waals surface area contributed by atoms with Crippen LogP contribution in [0.5, 0.6) is 0 Å². The van der Waals surface area contributed by atoms with E-state index >= 15 is 0 Å². The third-order valence-electron chi connectivity index (χ3n) is 3.35. The van der Waals surface area contributed by atoms with Gasteiger partial charge in [0.15, 0.2) is 0 Å². The van der Waals surface area contributed by atoms with Crippen LogP contribution >= 0.6 is 0 Å². The van der Waals surface area contributed by atoms with E-state index in [-0.39, 0.29) is 12.0 Å². The van der Waals surface area contributed by atoms with Crippen molar-refractivity contribution in [1.29, 1.82) is 0 Å². The first-order valence-electron chi connectivity index (χ1n) is 8.40. The lowest BCUT2D eigenvalue weighted by Crippen LogP contribution is -2.34. The molecular weight excluding hydrogens is 304 g/mol. The van der Waals surface area contributed by atoms with Gasteiger partial charge in [-0.15, -0.1) is 0 Å². The van der Waals surface area contributed by atoms with Gasteiger partial charge in [0, 0.05) is 19.2 Å². The number of rotatable bonds is 6. The Hall–Kier alpha value is -2.04. The van der Waals surface area contributed by atoms with Crippen LogP contribution < -0.4 is 5.32 Å². The molecule has 1 aromatic carbocycles. The van der Waals surface area contributed by atoms with Gasteiger partial charge >= 0.3 is 6.09 Å². The van der Waals surface area contributed by atoms with Crippen LogP contribution in [0.3, 0.4) is 0 Å². The number of amides is 2. The number of ether oxygens (including phenoxy) is 1. The fourth-order valence-electron chi connectivity index (χ4n) is 2.07. The van der Waals surface area contributed by atoms with Crippen molar-refractivity contribution in [2.24, 2.45) is 5.92 Å². The number of anilines is 1. The molecule has 0 bridgehead atoms. The highest BCUT2D eigenvalue weighted by molar-refractivity contribution is 5.91. The number of nitrogens with zero attached hydrogens (tertiary/aromatic N) is 1. The van der Waals surface area contributed by atoms with E-state index in [4.69, 9.17) is 4.74 Å². The summed E-state index contributed by atoms with van der Waals surface area (Å²) in [5, 5.41) is 2.94. The maximum Gasteiger partial charge on any atom is 0.410 e. The smallest absolute Gasteiger partial charge is 0.410 e. The van der Waals surface area contributed by atoms with E-state index in [1.54, 1.807) is 7.05 Å². The molecule has 0 spiro atoms. The van der Waals surface area contributed by atoms with Gasteiger partial charge in [-0.2, -0.15) is 0 Å². The summed E-state index contributed by atoms with van der Waals surface area (Å²) < 4.78 is 5.36. The largest absolute Gasteiger partial charge is 0.444 e. The van der Waals surface area contributed by atoms with E-state index in [0.717, 1.165) is 17.7 Å². The van der Waals surface area contributed by atoms with Crippen LogP contribution in [0.15, 0.2) is 24.3 Å². The van der Waals surface area contributed by atoms with Gasteiger partial charge in [0.1, 0.15) is 5.60 Å². The Morgan fingerprint density at radius 3 is 2.42 bits per heavy atom. The molecule has 134 valence electrons. The Bertz CT molecular complexity index is 562. The number of carbonyl (C=O) groups excluding carboxylic acids is 2. The molecule has 0 radical (unpaired) electrons. The summed E-state index contributed by atoms with van der Waals surface area (Å²) in [4.78, 5) is 25.7. The second-order valence-electron chi connectivity index (χ2n) is 7.47. The second kappa shape index (κ2) is 8.71. The van der Waals surface area contributed by atoms with E-state index in [9.17, 15) is 9.59 Å². The van der Waals surface area contributed by atoms with E-state index in [1.165, 1.54) is 4.90 Å². The van der Waals surface area contributed by atoms with Crippen LogP contribution in [0.2, 0.25) is 0 Å². The van der Waals surface area contributed by atoms with E-state index < -0.39 is 5.60 Å². The fraction of sp³-hybridized carbons (Fsp3) is 0.579. The first kappa shape index (κ1) is 20.0. The first-order chi connectivity index (χ1) is 11.1. The van der Waals surface area contributed by atoms with Crippen LogP contribution in [-0.2, 0) is 16.1 Å². The standard InChI is InChI=1S/C19H30N2O3/c1-14(2)11-12-17(22)20-16-10-8-7-9-15(16)13-21(6)18(23)24-19(3,4)5/h7-10,14H,11-13H2,1-6H3,(H,20,22). The maximum absolute atomic E-state index is 12.1. The zero-order valence-corrected chi connectivity index (χ0v) is 15.7. The topological polar surface area (TPSA) is 58.6 Å². The van der Waals surface area contributed by atoms with E-state index in [1.807, 2.05) is 45.0 Å². The minimum Gasteiger partial charge on any atom is -0.444 e. The average molecular weight is 334 g/mol. The number of benzene rings is 1. The minimum atomic E-state index is -0.532. The lowest BCUT2D eigenvalue weighted by molar-refractivity contribution is -0.116. The van der Waals surface area contributed by atoms with Crippen molar-refractivity contribution >= 4 is 17.7 Å². The summed E-state index contributed by atoms with van der Waals surface area (Å²) in [6.07, 6.45) is 0.961. The lowest BCUT2D eigenvalue weighted by atomic mass is 10.1. The van der Waals surface area contributed by atoms with Gasteiger partial charge in [-0.3, -0.25) is 4.79 Å². The van der Waals surface area contributed by atoms with Crippen molar-refractivity contribution in [3.63, 3.8) is 0 Å². The number of carbonyl (C=O) groups is 2. The molecule has 0 saturated heterocycles. The molecule has 0 aliphatic carbocycles. The van der Waals surface area contributed by atoms with Crippen LogP contribution in [0.1, 0.15) is 53.0 Å². The summed E-state index contributed by atoms with van der Waals surface area (Å²) in [6, 6.07) is 7.52. The third kappa shape index (κ3) is 7.49. The highest BCUT2D eigenvalue weighted by Crippen LogP contribution is 2.19. The third-order valence-corrected chi connectivity index (χ3v) is 3.35. The quantitative estimate of drug-likeness (QED) is 0.837. The zero-order valence-electron chi connectivity index (χ0n) is 15.7. The van der Waals surface area contributed by atoms with Crippen LogP contribution in [0.25, 0.3) is 0 Å². The Labute approximate surface area is 145 Å². The summed E-state index contributed by atoms with van der Waals surface area (Å²) in [5.41, 5.74) is 1.08. The van der Waals surface area contributed by atoms with Gasteiger partial charge in [-0.05, 0) is 44.7 Å². The highest BCUT2D eigenvalue weighted by atomic mass is 16.6. The predicted octanol–water partition coefficient (Wildman–Crippen LogP) is 4.43. The van der Waals surface area contributed by atoms with Crippen molar-refractivity contribution in [1.82, 2.24) is 4.90 Å². The Balaban J connectivity index is 2.72. The molecule has 5 heteroatoms. The Morgan fingerprint density at radius 1 is 1.21 bits per heavy atom. The van der Waals surface area contributed by atoms with E-state index in [2.05, 4.69) is 19.2 Å². The molecule has 1 rings (SSSR count). The molecular formula is C19H30N2O3. The lowest BCUT2D eigenvalue weighted by Gasteiger charge is -2.25. The SMILES string of the molecule is CC(C)CCC(=O)Nc1ccccc1CN(C)C(=O)OC(C)(C)C. The van der Waals surface area contributed by atoms with Gasteiger partial charge < -0.3 is 15.0 Å². The molecule has 24 heavy (non-hydrogen) atoms. The first-order valence-corrected chi connectivity index (χ1v) is 8.40. The molecule has 0 aliphatic rings. The monoisotopic (exact) mass is 334 g/mol. The van der Waals surface area contributed by atoms with Crippen molar-refractivity contribution in [2.45, 2.75) is 59.6 Å². The molecule has 0 atom stereocenters. The molecule has 5 nitrogen and oxygen atoms in total. The molecule has 2 amide bonds. The molecule has 0 aromatic heterocycles. The van der Waals surface area contributed by atoms with Crippen LogP contribution in [0.4, 0.5) is 10.5 Å². The van der Waals surface area contributed by atoms with Gasteiger partial charge in [0.25, 0.3) is 0 Å². The van der Waals surface area contributed by atoms with Crippen LogP contribution in [-0.4, -0.2) is 29.5 Å². The summed E-state index contributed by atoms with van der Waals surface area (Å²) >= 11 is 0. The van der Waals surface area contributed by atoms with Crippen molar-refractivity contribution in [2.75, 3.05) is 12.4 Å². The molecule has 0 heterocycles. The number of hydrogen-bond acceptors (Lipinski definition) is 3. The Kier molecular flexibility index (Phi) is 7.26. The Morgan fingerprint density at radius 2 is 1.83 bits per heavy atom. The summed E-state index contributed by atoms with van der Waals surface area (Å²) in [5.74, 6) is 0.486. The zero-order chi connectivity index (χ0) is 18.3. The van der Waals surface area contributed by atoms with Crippen molar-refractivity contribution in [3.8, 4) is 0 Å². The van der Waals surface area contributed by atoms with Gasteiger partial charge in [0.2, 0.25) is 5.91 Å². The molecule has 0 unspecified atom stereocenters. The van der Waals surface area contributed by atoms with Gasteiger partial charge in [-0.25, -0.2) is 4.79 Å². The van der Waals surface area contributed by atoms with Crippen molar-refractivity contribution in [3.05, 3.63) is 29.8 Å². The second-order valence-corrected chi connectivity index (χ2v) is 7.47. The van der Waals surface area contributed by atoms with Crippen LogP contribution in [0, 0.1) is 5.92 Å². The number of nitrogens with one attached hydrogen (secondary N) is 1. The average Bonchev–Trinajstić information content (AvgIpc) is 2.45. The maximum atomic E-state index is 12.1. The van der Waals surface area contributed by atoms with Gasteiger partial charge in [0.05, 0.1) is 6.54 Å². The normalized spacial score (nSPS) is 11.3. The minimum absolute atomic E-state index is 0.00364. The summed E-state index contributed by atoms with van der Waals surface area (Å²) in [7, 11) is 1.69. The van der Waals surface area contributed by atoms with Crippen molar-refractivity contribution < 1.29 is 14.3 Å². The predicted molar refractivity (Wildman–Crippen MR) is 96.8 cm³/mol. The fourth-order valence-corrected chi connectivity index (χ4v) is 2.07. The molecule has 1 aromatic rings. The van der Waals surface area contributed by atoms with E-state index in [0.29, 0.717) is 18.9 Å². The number of hydrogen-bond donors (Lipinski definition) is 1. The molecule has 0 fully saturated rings. The number of para-hydroxylation sites is 1. The van der Waals surface area contributed by atoms with Gasteiger partial charge in [-0.1, -0.05) is 32.0 Å². The molecule has 1 N–H and O–H groups in total. The summed E-state index contributed by atoms with van der Waals surface area (Å²) in [6.45, 7) is 10.1. The highest BCUT2D eigenvalue weighted by Gasteiger charge is 2.20.